The number of thiazole rings is 1. The molecule has 5 rings (SSSR count). The topological polar surface area (TPSA) is 61.9 Å². The maximum atomic E-state index is 12.8. The molecule has 1 N–H and O–H groups in total. The lowest BCUT2D eigenvalue weighted by atomic mass is 9.97. The third kappa shape index (κ3) is 3.34. The number of H-pyrrole nitrogens is 1. The minimum atomic E-state index is -0.00594. The first kappa shape index (κ1) is 17.8. The van der Waals surface area contributed by atoms with Gasteiger partial charge in [-0.1, -0.05) is 17.7 Å². The van der Waals surface area contributed by atoms with Gasteiger partial charge in [0.1, 0.15) is 0 Å². The maximum absolute atomic E-state index is 12.8. The molecule has 0 unspecified atom stereocenters. The second-order valence-corrected chi connectivity index (χ2v) is 9.32. The van der Waals surface area contributed by atoms with Crippen molar-refractivity contribution in [3.8, 4) is 10.6 Å². The van der Waals surface area contributed by atoms with Crippen LogP contribution in [-0.2, 0) is 0 Å². The molecular formula is C20H17ClN4OS2. The minimum Gasteiger partial charge on any atom is -0.337 e. The summed E-state index contributed by atoms with van der Waals surface area (Å²) >= 11 is 9.43. The number of rotatable bonds is 3. The second kappa shape index (κ2) is 7.31. The van der Waals surface area contributed by atoms with E-state index in [1.165, 1.54) is 0 Å². The van der Waals surface area contributed by atoms with Gasteiger partial charge >= 0.3 is 0 Å². The van der Waals surface area contributed by atoms with Crippen LogP contribution in [0.4, 0.5) is 0 Å². The number of likely N-dealkylation sites (tertiary alicyclic amines) is 1. The van der Waals surface area contributed by atoms with Crippen molar-refractivity contribution in [3.63, 3.8) is 0 Å². The summed E-state index contributed by atoms with van der Waals surface area (Å²) in [4.78, 5) is 20.6. The van der Waals surface area contributed by atoms with Gasteiger partial charge in [-0.05, 0) is 48.6 Å². The molecular weight excluding hydrogens is 412 g/mol. The molecule has 0 aliphatic carbocycles. The number of aromatic nitrogens is 3. The van der Waals surface area contributed by atoms with Crippen molar-refractivity contribution in [2.75, 3.05) is 13.1 Å². The van der Waals surface area contributed by atoms with Crippen LogP contribution < -0.4 is 0 Å². The Morgan fingerprint density at radius 2 is 2.07 bits per heavy atom. The van der Waals surface area contributed by atoms with Crippen LogP contribution in [0.15, 0.2) is 41.8 Å². The number of amides is 1. The summed E-state index contributed by atoms with van der Waals surface area (Å²) in [6.07, 6.45) is 1.84. The van der Waals surface area contributed by atoms with Crippen LogP contribution >= 0.6 is 34.3 Å². The summed E-state index contributed by atoms with van der Waals surface area (Å²) in [6, 6.07) is 11.7. The van der Waals surface area contributed by atoms with E-state index in [1.54, 1.807) is 22.7 Å². The molecule has 1 saturated heterocycles. The lowest BCUT2D eigenvalue weighted by Crippen LogP contribution is -2.38. The van der Waals surface area contributed by atoms with Gasteiger partial charge in [0.2, 0.25) is 0 Å². The lowest BCUT2D eigenvalue weighted by Gasteiger charge is -2.30. The Kier molecular flexibility index (Phi) is 4.66. The Morgan fingerprint density at radius 1 is 1.21 bits per heavy atom. The number of nitrogens with zero attached hydrogens (tertiary/aromatic N) is 3. The Hall–Kier alpha value is -2.22. The van der Waals surface area contributed by atoms with E-state index < -0.39 is 0 Å². The van der Waals surface area contributed by atoms with E-state index in [9.17, 15) is 4.79 Å². The second-order valence-electron chi connectivity index (χ2n) is 6.87. The number of carbonyl (C=O) groups excluding carboxylic acids is 1. The summed E-state index contributed by atoms with van der Waals surface area (Å²) < 4.78 is 1.16. The summed E-state index contributed by atoms with van der Waals surface area (Å²) in [6.45, 7) is 1.45. The third-order valence-corrected chi connectivity index (χ3v) is 7.42. The molecule has 5 nitrogen and oxygen atoms in total. The zero-order valence-corrected chi connectivity index (χ0v) is 17.3. The van der Waals surface area contributed by atoms with E-state index in [2.05, 4.69) is 10.2 Å². The fraction of sp³-hybridized carbons (Fsp3) is 0.250. The normalized spacial score (nSPS) is 15.4. The lowest BCUT2D eigenvalue weighted by molar-refractivity contribution is 0.0707. The first-order valence-corrected chi connectivity index (χ1v) is 11.2. The number of piperidine rings is 1. The summed E-state index contributed by atoms with van der Waals surface area (Å²) in [5.41, 5.74) is 2.33. The largest absolute Gasteiger partial charge is 0.337 e. The number of hydrogen-bond acceptors (Lipinski definition) is 5. The number of halogens is 1. The highest BCUT2D eigenvalue weighted by atomic mass is 35.5. The monoisotopic (exact) mass is 428 g/mol. The van der Waals surface area contributed by atoms with Crippen LogP contribution in [0.3, 0.4) is 0 Å². The summed E-state index contributed by atoms with van der Waals surface area (Å²) in [7, 11) is 0. The van der Waals surface area contributed by atoms with Gasteiger partial charge in [-0.2, -0.15) is 5.10 Å². The average molecular weight is 429 g/mol. The fourth-order valence-corrected chi connectivity index (χ4v) is 5.55. The predicted molar refractivity (Wildman–Crippen MR) is 114 cm³/mol. The fourth-order valence-electron chi connectivity index (χ4n) is 3.57. The number of carbonyl (C=O) groups is 1. The summed E-state index contributed by atoms with van der Waals surface area (Å²) in [5, 5.41) is 11.1. The van der Waals surface area contributed by atoms with Crippen LogP contribution in [0.1, 0.15) is 34.3 Å². The van der Waals surface area contributed by atoms with Crippen molar-refractivity contribution in [1.82, 2.24) is 20.1 Å². The van der Waals surface area contributed by atoms with Crippen molar-refractivity contribution < 1.29 is 4.79 Å². The van der Waals surface area contributed by atoms with E-state index in [1.807, 2.05) is 46.7 Å². The maximum Gasteiger partial charge on any atom is 0.274 e. The van der Waals surface area contributed by atoms with E-state index >= 15 is 0 Å². The number of aromatic amines is 1. The molecule has 0 spiro atoms. The quantitative estimate of drug-likeness (QED) is 0.473. The van der Waals surface area contributed by atoms with Gasteiger partial charge < -0.3 is 4.90 Å². The number of nitrogens with one attached hydrogen (secondary N) is 1. The zero-order chi connectivity index (χ0) is 19.1. The van der Waals surface area contributed by atoms with E-state index in [0.29, 0.717) is 16.6 Å². The van der Waals surface area contributed by atoms with Crippen molar-refractivity contribution in [2.45, 2.75) is 18.8 Å². The van der Waals surface area contributed by atoms with Gasteiger partial charge in [-0.3, -0.25) is 9.89 Å². The van der Waals surface area contributed by atoms with Gasteiger partial charge in [0.15, 0.2) is 5.69 Å². The van der Waals surface area contributed by atoms with Crippen molar-refractivity contribution in [3.05, 3.63) is 57.5 Å². The predicted octanol–water partition coefficient (Wildman–Crippen LogP) is 5.42. The molecule has 28 heavy (non-hydrogen) atoms. The number of benzene rings is 1. The van der Waals surface area contributed by atoms with Crippen LogP contribution in [0, 0.1) is 0 Å². The first-order chi connectivity index (χ1) is 13.7. The number of thiophene rings is 1. The average Bonchev–Trinajstić information content (AvgIpc) is 3.46. The van der Waals surface area contributed by atoms with Crippen LogP contribution in [0.5, 0.6) is 0 Å². The molecule has 3 aromatic heterocycles. The Morgan fingerprint density at radius 3 is 2.86 bits per heavy atom. The van der Waals surface area contributed by atoms with Gasteiger partial charge in [-0.25, -0.2) is 4.98 Å². The molecule has 0 atom stereocenters. The van der Waals surface area contributed by atoms with Crippen molar-refractivity contribution in [2.24, 2.45) is 0 Å². The van der Waals surface area contributed by atoms with E-state index in [4.69, 9.17) is 16.6 Å². The molecule has 1 aliphatic rings. The summed E-state index contributed by atoms with van der Waals surface area (Å²) in [5.74, 6) is 0.384. The zero-order valence-electron chi connectivity index (χ0n) is 14.9. The van der Waals surface area contributed by atoms with Gasteiger partial charge in [-0.15, -0.1) is 22.7 Å². The van der Waals surface area contributed by atoms with Crippen molar-refractivity contribution in [1.29, 1.82) is 0 Å². The van der Waals surface area contributed by atoms with E-state index in [0.717, 1.165) is 51.7 Å². The molecule has 0 saturated carbocycles. The van der Waals surface area contributed by atoms with Gasteiger partial charge in [0.25, 0.3) is 5.91 Å². The van der Waals surface area contributed by atoms with Crippen molar-refractivity contribution >= 4 is 50.4 Å². The van der Waals surface area contributed by atoms with Gasteiger partial charge in [0, 0.05) is 24.0 Å². The molecule has 4 aromatic rings. The van der Waals surface area contributed by atoms with Crippen LogP contribution in [0.2, 0.25) is 5.02 Å². The molecule has 4 heterocycles. The first-order valence-electron chi connectivity index (χ1n) is 9.12. The minimum absolute atomic E-state index is 0.00594. The molecule has 1 aromatic carbocycles. The molecule has 0 radical (unpaired) electrons. The highest BCUT2D eigenvalue weighted by Gasteiger charge is 2.27. The Bertz CT molecular complexity index is 1130. The van der Waals surface area contributed by atoms with Crippen LogP contribution in [-0.4, -0.2) is 39.1 Å². The number of hydrogen-bond donors (Lipinski definition) is 1. The number of fused-ring (bicyclic) bond motifs is 1. The van der Waals surface area contributed by atoms with Crippen LogP contribution in [0.25, 0.3) is 20.8 Å². The SMILES string of the molecule is O=C(c1cc(-c2cccs2)[nH]n1)N1CCC(c2nc3cc(Cl)ccc3s2)CC1. The smallest absolute Gasteiger partial charge is 0.274 e. The molecule has 142 valence electrons. The Labute approximate surface area is 175 Å². The Balaban J connectivity index is 1.26. The molecule has 1 amide bonds. The van der Waals surface area contributed by atoms with Gasteiger partial charge in [0.05, 0.1) is 25.8 Å². The molecule has 8 heteroatoms. The highest BCUT2D eigenvalue weighted by molar-refractivity contribution is 7.18. The highest BCUT2D eigenvalue weighted by Crippen LogP contribution is 2.35. The molecule has 1 aliphatic heterocycles. The molecule has 1 fully saturated rings. The molecule has 0 bridgehead atoms. The standard InChI is InChI=1S/C20H17ClN4OS2/c21-13-3-4-18-14(10-13)22-19(28-18)12-5-7-25(8-6-12)20(26)16-11-15(23-24-16)17-2-1-9-27-17/h1-4,9-12H,5-8H2,(H,23,24). The van der Waals surface area contributed by atoms with E-state index in [-0.39, 0.29) is 5.91 Å². The third-order valence-electron chi connectivity index (χ3n) is 5.08.